The predicted molar refractivity (Wildman–Crippen MR) is 54.6 cm³/mol. The van der Waals surface area contributed by atoms with Gasteiger partial charge in [0, 0.05) is 11.6 Å². The van der Waals surface area contributed by atoms with E-state index in [9.17, 15) is 8.78 Å². The molecule has 0 fully saturated rings. The molecule has 90 valence electrons. The lowest BCUT2D eigenvalue weighted by atomic mass is 10.1. The smallest absolute Gasteiger partial charge is 0.240 e. The topological polar surface area (TPSA) is 91.0 Å². The SMILES string of the molecule is NCc1nc(C(N)c2ccc(F)cc2F)no1. The fourth-order valence-corrected chi connectivity index (χ4v) is 1.37. The first kappa shape index (κ1) is 11.6. The maximum Gasteiger partial charge on any atom is 0.240 e. The van der Waals surface area contributed by atoms with Crippen molar-refractivity contribution in [1.29, 1.82) is 0 Å². The zero-order valence-electron chi connectivity index (χ0n) is 8.73. The molecule has 1 atom stereocenters. The van der Waals surface area contributed by atoms with Crippen LogP contribution in [0.3, 0.4) is 0 Å². The normalized spacial score (nSPS) is 12.7. The van der Waals surface area contributed by atoms with Gasteiger partial charge in [0.1, 0.15) is 11.6 Å². The summed E-state index contributed by atoms with van der Waals surface area (Å²) in [6.45, 7) is 0.0750. The van der Waals surface area contributed by atoms with Crippen LogP contribution in [0.5, 0.6) is 0 Å². The Balaban J connectivity index is 2.33. The van der Waals surface area contributed by atoms with Gasteiger partial charge in [0.15, 0.2) is 5.82 Å². The molecule has 2 aromatic rings. The van der Waals surface area contributed by atoms with Crippen LogP contribution >= 0.6 is 0 Å². The Kier molecular flexibility index (Phi) is 3.12. The highest BCUT2D eigenvalue weighted by atomic mass is 19.1. The van der Waals surface area contributed by atoms with Crippen molar-refractivity contribution in [2.45, 2.75) is 12.6 Å². The van der Waals surface area contributed by atoms with Gasteiger partial charge >= 0.3 is 0 Å². The molecule has 0 saturated heterocycles. The Hall–Kier alpha value is -1.86. The molecule has 7 heteroatoms. The third-order valence-electron chi connectivity index (χ3n) is 2.23. The van der Waals surface area contributed by atoms with Crippen molar-refractivity contribution in [3.05, 3.63) is 47.1 Å². The van der Waals surface area contributed by atoms with E-state index in [1.54, 1.807) is 0 Å². The van der Waals surface area contributed by atoms with E-state index in [4.69, 9.17) is 16.0 Å². The first-order valence-corrected chi connectivity index (χ1v) is 4.85. The molecule has 17 heavy (non-hydrogen) atoms. The molecule has 0 aliphatic heterocycles. The molecule has 0 amide bonds. The van der Waals surface area contributed by atoms with E-state index < -0.39 is 17.7 Å². The van der Waals surface area contributed by atoms with Gasteiger partial charge in [0.05, 0.1) is 12.6 Å². The van der Waals surface area contributed by atoms with Crippen LogP contribution in [0.1, 0.15) is 23.3 Å². The first-order valence-electron chi connectivity index (χ1n) is 4.85. The Morgan fingerprint density at radius 2 is 2.12 bits per heavy atom. The summed E-state index contributed by atoms with van der Waals surface area (Å²) in [5, 5.41) is 3.58. The number of aromatic nitrogens is 2. The fraction of sp³-hybridized carbons (Fsp3) is 0.200. The molecule has 1 unspecified atom stereocenters. The van der Waals surface area contributed by atoms with Crippen LogP contribution in [-0.2, 0) is 6.54 Å². The summed E-state index contributed by atoms with van der Waals surface area (Å²) in [4.78, 5) is 3.88. The molecular weight excluding hydrogens is 230 g/mol. The maximum absolute atomic E-state index is 13.4. The molecule has 0 bridgehead atoms. The minimum absolute atomic E-state index is 0.0750. The number of hydrogen-bond acceptors (Lipinski definition) is 5. The lowest BCUT2D eigenvalue weighted by Crippen LogP contribution is -2.15. The largest absolute Gasteiger partial charge is 0.338 e. The molecule has 0 radical (unpaired) electrons. The van der Waals surface area contributed by atoms with Crippen molar-refractivity contribution >= 4 is 0 Å². The monoisotopic (exact) mass is 240 g/mol. The van der Waals surface area contributed by atoms with E-state index in [-0.39, 0.29) is 23.8 Å². The van der Waals surface area contributed by atoms with Crippen LogP contribution in [0.2, 0.25) is 0 Å². The van der Waals surface area contributed by atoms with E-state index in [1.807, 2.05) is 0 Å². The highest BCUT2D eigenvalue weighted by Crippen LogP contribution is 2.20. The Bertz CT molecular complexity index is 529. The zero-order valence-corrected chi connectivity index (χ0v) is 8.73. The number of rotatable bonds is 3. The Labute approximate surface area is 95.4 Å². The highest BCUT2D eigenvalue weighted by Gasteiger charge is 2.19. The van der Waals surface area contributed by atoms with E-state index in [0.29, 0.717) is 0 Å². The van der Waals surface area contributed by atoms with E-state index >= 15 is 0 Å². The van der Waals surface area contributed by atoms with Crippen molar-refractivity contribution in [2.75, 3.05) is 0 Å². The summed E-state index contributed by atoms with van der Waals surface area (Å²) in [6.07, 6.45) is 0. The summed E-state index contributed by atoms with van der Waals surface area (Å²) >= 11 is 0. The van der Waals surface area contributed by atoms with Gasteiger partial charge in [0.25, 0.3) is 0 Å². The second-order valence-corrected chi connectivity index (χ2v) is 3.39. The van der Waals surface area contributed by atoms with Gasteiger partial charge in [-0.3, -0.25) is 0 Å². The molecule has 1 aromatic heterocycles. The molecule has 4 N–H and O–H groups in total. The number of nitrogens with two attached hydrogens (primary N) is 2. The summed E-state index contributed by atoms with van der Waals surface area (Å²) < 4.78 is 30.9. The quantitative estimate of drug-likeness (QED) is 0.830. The average molecular weight is 240 g/mol. The molecule has 1 aromatic carbocycles. The van der Waals surface area contributed by atoms with Crippen molar-refractivity contribution in [3.63, 3.8) is 0 Å². The standard InChI is InChI=1S/C10H10F2N4O/c11-5-1-2-6(7(12)3-5)9(14)10-15-8(4-13)17-16-10/h1-3,9H,4,13-14H2. The van der Waals surface area contributed by atoms with E-state index in [2.05, 4.69) is 10.1 Å². The van der Waals surface area contributed by atoms with Crippen LogP contribution in [0, 0.1) is 11.6 Å². The van der Waals surface area contributed by atoms with Crippen LogP contribution in [0.25, 0.3) is 0 Å². The number of hydrogen-bond donors (Lipinski definition) is 2. The second kappa shape index (κ2) is 4.56. The van der Waals surface area contributed by atoms with E-state index in [0.717, 1.165) is 12.1 Å². The van der Waals surface area contributed by atoms with Gasteiger partial charge in [-0.1, -0.05) is 11.2 Å². The van der Waals surface area contributed by atoms with Gasteiger partial charge in [-0.25, -0.2) is 8.78 Å². The number of halogens is 2. The average Bonchev–Trinajstić information content (AvgIpc) is 2.76. The van der Waals surface area contributed by atoms with Gasteiger partial charge < -0.3 is 16.0 Å². The fourth-order valence-electron chi connectivity index (χ4n) is 1.37. The third kappa shape index (κ3) is 2.29. The van der Waals surface area contributed by atoms with Gasteiger partial charge in [0.2, 0.25) is 5.89 Å². The van der Waals surface area contributed by atoms with Gasteiger partial charge in [-0.15, -0.1) is 0 Å². The molecule has 0 saturated carbocycles. The van der Waals surface area contributed by atoms with Crippen molar-refractivity contribution in [2.24, 2.45) is 11.5 Å². The van der Waals surface area contributed by atoms with Crippen LogP contribution in [-0.4, -0.2) is 10.1 Å². The van der Waals surface area contributed by atoms with E-state index in [1.165, 1.54) is 6.07 Å². The zero-order chi connectivity index (χ0) is 12.4. The van der Waals surface area contributed by atoms with Gasteiger partial charge in [-0.05, 0) is 6.07 Å². The molecule has 1 heterocycles. The second-order valence-electron chi connectivity index (χ2n) is 3.39. The van der Waals surface area contributed by atoms with Crippen LogP contribution in [0.4, 0.5) is 8.78 Å². The lowest BCUT2D eigenvalue weighted by molar-refractivity contribution is 0.372. The summed E-state index contributed by atoms with van der Waals surface area (Å²) in [5.41, 5.74) is 11.1. The molecule has 0 aliphatic carbocycles. The minimum Gasteiger partial charge on any atom is -0.338 e. The first-order chi connectivity index (χ1) is 8.11. The predicted octanol–water partition coefficient (Wildman–Crippen LogP) is 0.855. The Morgan fingerprint density at radius 1 is 1.35 bits per heavy atom. The molecular formula is C10H10F2N4O. The maximum atomic E-state index is 13.4. The van der Waals surface area contributed by atoms with Crippen molar-refractivity contribution < 1.29 is 13.3 Å². The summed E-state index contributed by atoms with van der Waals surface area (Å²) in [6, 6.07) is 2.19. The summed E-state index contributed by atoms with van der Waals surface area (Å²) in [7, 11) is 0. The Morgan fingerprint density at radius 3 is 2.71 bits per heavy atom. The van der Waals surface area contributed by atoms with Crippen molar-refractivity contribution in [1.82, 2.24) is 10.1 Å². The molecule has 5 nitrogen and oxygen atoms in total. The van der Waals surface area contributed by atoms with Crippen molar-refractivity contribution in [3.8, 4) is 0 Å². The van der Waals surface area contributed by atoms with Gasteiger partial charge in [-0.2, -0.15) is 4.98 Å². The minimum atomic E-state index is -0.917. The molecule has 0 aliphatic rings. The van der Waals surface area contributed by atoms with Crippen LogP contribution in [0.15, 0.2) is 22.7 Å². The number of benzene rings is 1. The molecule has 2 rings (SSSR count). The van der Waals surface area contributed by atoms with Crippen LogP contribution < -0.4 is 11.5 Å². The summed E-state index contributed by atoms with van der Waals surface area (Å²) in [5.74, 6) is -1.11. The number of nitrogens with zero attached hydrogens (tertiary/aromatic N) is 2. The third-order valence-corrected chi connectivity index (χ3v) is 2.23. The molecule has 0 spiro atoms. The lowest BCUT2D eigenvalue weighted by Gasteiger charge is -2.08. The highest BCUT2D eigenvalue weighted by molar-refractivity contribution is 5.26.